The van der Waals surface area contributed by atoms with Gasteiger partial charge >= 0.3 is 5.97 Å². The van der Waals surface area contributed by atoms with Crippen LogP contribution in [0.5, 0.6) is 0 Å². The monoisotopic (exact) mass is 210 g/mol. The highest BCUT2D eigenvalue weighted by molar-refractivity contribution is 5.85. The van der Waals surface area contributed by atoms with Crippen molar-refractivity contribution < 1.29 is 14.3 Å². The average Bonchev–Trinajstić information content (AvgIpc) is 2.62. The number of anilines is 1. The highest BCUT2D eigenvalue weighted by Gasteiger charge is 2.14. The number of likely N-dealkylation sites (N-methyl/N-ethyl adjacent to an activating group) is 1. The molecule has 0 aromatic carbocycles. The van der Waals surface area contributed by atoms with E-state index in [1.54, 1.807) is 0 Å². The SMILES string of the molecule is C=C(C)CN(CC)c1nc(C(=O)O)co1. The smallest absolute Gasteiger partial charge is 0.357 e. The third-order valence-corrected chi connectivity index (χ3v) is 1.82. The first-order valence-electron chi connectivity index (χ1n) is 4.62. The second kappa shape index (κ2) is 4.63. The molecule has 0 aliphatic rings. The minimum Gasteiger partial charge on any atom is -0.476 e. The number of hydrogen-bond acceptors (Lipinski definition) is 4. The number of carboxylic acids is 1. The zero-order valence-corrected chi connectivity index (χ0v) is 8.86. The molecular formula is C10H14N2O3. The van der Waals surface area contributed by atoms with Crippen LogP contribution in [0.3, 0.4) is 0 Å². The predicted octanol–water partition coefficient (Wildman–Crippen LogP) is 1.78. The van der Waals surface area contributed by atoms with Gasteiger partial charge in [-0.25, -0.2) is 4.79 Å². The second-order valence-electron chi connectivity index (χ2n) is 3.29. The van der Waals surface area contributed by atoms with E-state index in [0.29, 0.717) is 19.1 Å². The Morgan fingerprint density at radius 2 is 2.40 bits per heavy atom. The normalized spacial score (nSPS) is 10.0. The Labute approximate surface area is 88.0 Å². The third-order valence-electron chi connectivity index (χ3n) is 1.82. The molecule has 0 aliphatic carbocycles. The molecule has 1 heterocycles. The second-order valence-corrected chi connectivity index (χ2v) is 3.29. The topological polar surface area (TPSA) is 66.6 Å². The van der Waals surface area contributed by atoms with Crippen molar-refractivity contribution in [2.24, 2.45) is 0 Å². The fourth-order valence-corrected chi connectivity index (χ4v) is 1.15. The van der Waals surface area contributed by atoms with Crippen LogP contribution in [-0.4, -0.2) is 29.1 Å². The van der Waals surface area contributed by atoms with E-state index in [1.165, 1.54) is 0 Å². The molecule has 0 spiro atoms. The maximum absolute atomic E-state index is 10.6. The minimum absolute atomic E-state index is 0.0786. The van der Waals surface area contributed by atoms with Crippen LogP contribution >= 0.6 is 0 Å². The molecule has 5 heteroatoms. The van der Waals surface area contributed by atoms with Gasteiger partial charge in [0.1, 0.15) is 6.26 Å². The van der Waals surface area contributed by atoms with Gasteiger partial charge in [-0.1, -0.05) is 12.2 Å². The van der Waals surface area contributed by atoms with Crippen LogP contribution in [0.15, 0.2) is 22.8 Å². The lowest BCUT2D eigenvalue weighted by molar-refractivity contribution is 0.0690. The van der Waals surface area contributed by atoms with Crippen LogP contribution in [-0.2, 0) is 0 Å². The number of aromatic nitrogens is 1. The first-order valence-corrected chi connectivity index (χ1v) is 4.62. The van der Waals surface area contributed by atoms with Gasteiger partial charge in [0, 0.05) is 13.1 Å². The molecule has 15 heavy (non-hydrogen) atoms. The van der Waals surface area contributed by atoms with E-state index >= 15 is 0 Å². The van der Waals surface area contributed by atoms with Crippen LogP contribution in [0.1, 0.15) is 24.3 Å². The summed E-state index contributed by atoms with van der Waals surface area (Å²) in [5.74, 6) is -1.09. The Bertz CT molecular complexity index is 370. The molecule has 0 atom stereocenters. The Morgan fingerprint density at radius 3 is 2.80 bits per heavy atom. The van der Waals surface area contributed by atoms with Gasteiger partial charge in [0.15, 0.2) is 5.69 Å². The van der Waals surface area contributed by atoms with Gasteiger partial charge in [0.05, 0.1) is 0 Å². The van der Waals surface area contributed by atoms with Crippen molar-refractivity contribution in [2.45, 2.75) is 13.8 Å². The number of hydrogen-bond donors (Lipinski definition) is 1. The molecule has 82 valence electrons. The molecule has 0 amide bonds. The quantitative estimate of drug-likeness (QED) is 0.750. The summed E-state index contributed by atoms with van der Waals surface area (Å²) in [6.45, 7) is 8.91. The molecule has 1 aromatic heterocycles. The Kier molecular flexibility index (Phi) is 3.49. The molecule has 0 saturated heterocycles. The molecule has 0 radical (unpaired) electrons. The molecule has 0 bridgehead atoms. The largest absolute Gasteiger partial charge is 0.476 e. The van der Waals surface area contributed by atoms with E-state index in [2.05, 4.69) is 11.6 Å². The summed E-state index contributed by atoms with van der Waals surface area (Å²) in [7, 11) is 0. The van der Waals surface area contributed by atoms with Crippen LogP contribution in [0.25, 0.3) is 0 Å². The highest BCUT2D eigenvalue weighted by atomic mass is 16.4. The Hall–Kier alpha value is -1.78. The van der Waals surface area contributed by atoms with Crippen molar-refractivity contribution in [1.29, 1.82) is 0 Å². The Balaban J connectivity index is 2.83. The van der Waals surface area contributed by atoms with Crippen molar-refractivity contribution in [1.82, 2.24) is 4.98 Å². The predicted molar refractivity (Wildman–Crippen MR) is 56.2 cm³/mol. The van der Waals surface area contributed by atoms with Gasteiger partial charge in [-0.05, 0) is 13.8 Å². The first-order chi connectivity index (χ1) is 7.04. The minimum atomic E-state index is -1.09. The van der Waals surface area contributed by atoms with Crippen LogP contribution in [0.4, 0.5) is 6.01 Å². The van der Waals surface area contributed by atoms with Gasteiger partial charge in [-0.2, -0.15) is 4.98 Å². The number of rotatable bonds is 5. The van der Waals surface area contributed by atoms with Crippen molar-refractivity contribution in [3.8, 4) is 0 Å². The van der Waals surface area contributed by atoms with E-state index in [4.69, 9.17) is 9.52 Å². The molecule has 1 aromatic rings. The lowest BCUT2D eigenvalue weighted by Gasteiger charge is -2.17. The lowest BCUT2D eigenvalue weighted by Crippen LogP contribution is -2.24. The van der Waals surface area contributed by atoms with E-state index < -0.39 is 5.97 Å². The maximum atomic E-state index is 10.6. The van der Waals surface area contributed by atoms with E-state index in [9.17, 15) is 4.79 Å². The molecule has 1 N–H and O–H groups in total. The highest BCUT2D eigenvalue weighted by Crippen LogP contribution is 2.14. The van der Waals surface area contributed by atoms with Crippen molar-refractivity contribution >= 4 is 12.0 Å². The zero-order valence-electron chi connectivity index (χ0n) is 8.86. The van der Waals surface area contributed by atoms with E-state index in [1.807, 2.05) is 18.7 Å². The fraction of sp³-hybridized carbons (Fsp3) is 0.400. The summed E-state index contributed by atoms with van der Waals surface area (Å²) in [6.07, 6.45) is 1.14. The fourth-order valence-electron chi connectivity index (χ4n) is 1.15. The third kappa shape index (κ3) is 2.83. The summed E-state index contributed by atoms with van der Waals surface area (Å²) >= 11 is 0. The number of carbonyl (C=O) groups is 1. The van der Waals surface area contributed by atoms with Crippen molar-refractivity contribution in [3.05, 3.63) is 24.1 Å². The van der Waals surface area contributed by atoms with Gasteiger partial charge in [0.2, 0.25) is 0 Å². The number of nitrogens with zero attached hydrogens (tertiary/aromatic N) is 2. The summed E-state index contributed by atoms with van der Waals surface area (Å²) < 4.78 is 5.07. The molecule has 5 nitrogen and oxygen atoms in total. The molecular weight excluding hydrogens is 196 g/mol. The number of carboxylic acid groups (broad SMARTS) is 1. The van der Waals surface area contributed by atoms with Crippen LogP contribution < -0.4 is 4.90 Å². The maximum Gasteiger partial charge on any atom is 0.357 e. The van der Waals surface area contributed by atoms with E-state index in [0.717, 1.165) is 11.8 Å². The summed E-state index contributed by atoms with van der Waals surface area (Å²) in [5, 5.41) is 8.68. The van der Waals surface area contributed by atoms with Crippen LogP contribution in [0.2, 0.25) is 0 Å². The molecule has 0 aliphatic heterocycles. The zero-order chi connectivity index (χ0) is 11.4. The molecule has 0 fully saturated rings. The van der Waals surface area contributed by atoms with Crippen LogP contribution in [0, 0.1) is 0 Å². The summed E-state index contributed by atoms with van der Waals surface area (Å²) in [6, 6.07) is 0.318. The van der Waals surface area contributed by atoms with E-state index in [-0.39, 0.29) is 5.69 Å². The standard InChI is InChI=1S/C10H14N2O3/c1-4-12(5-7(2)3)10-11-8(6-15-10)9(13)14/h6H,2,4-5H2,1,3H3,(H,13,14). The van der Waals surface area contributed by atoms with Crippen molar-refractivity contribution in [2.75, 3.05) is 18.0 Å². The first kappa shape index (κ1) is 11.3. The van der Waals surface area contributed by atoms with Crippen molar-refractivity contribution in [3.63, 3.8) is 0 Å². The lowest BCUT2D eigenvalue weighted by atomic mass is 10.3. The van der Waals surface area contributed by atoms with Gasteiger partial charge < -0.3 is 14.4 Å². The molecule has 1 rings (SSSR count). The van der Waals surface area contributed by atoms with Gasteiger partial charge in [-0.3, -0.25) is 0 Å². The summed E-state index contributed by atoms with van der Waals surface area (Å²) in [4.78, 5) is 16.3. The molecule has 0 saturated carbocycles. The summed E-state index contributed by atoms with van der Waals surface area (Å²) in [5.41, 5.74) is 0.886. The number of aromatic carboxylic acids is 1. The Morgan fingerprint density at radius 1 is 1.73 bits per heavy atom. The molecule has 0 unspecified atom stereocenters. The van der Waals surface area contributed by atoms with Gasteiger partial charge in [0.25, 0.3) is 6.01 Å². The number of oxazole rings is 1. The average molecular weight is 210 g/mol. The van der Waals surface area contributed by atoms with Gasteiger partial charge in [-0.15, -0.1) is 0 Å².